The molecule has 2 heterocycles. The van der Waals surface area contributed by atoms with Crippen molar-refractivity contribution in [2.24, 2.45) is 5.92 Å². The molecule has 0 radical (unpaired) electrons. The summed E-state index contributed by atoms with van der Waals surface area (Å²) in [5, 5.41) is 6.09. The van der Waals surface area contributed by atoms with Gasteiger partial charge in [-0.3, -0.25) is 13.9 Å². The van der Waals surface area contributed by atoms with E-state index < -0.39 is 15.9 Å². The molecule has 37 heavy (non-hydrogen) atoms. The maximum atomic E-state index is 13.8. The van der Waals surface area contributed by atoms with Gasteiger partial charge in [0, 0.05) is 50.6 Å². The number of sulfonamides is 1. The van der Waals surface area contributed by atoms with E-state index in [1.54, 1.807) is 41.3 Å². The van der Waals surface area contributed by atoms with Gasteiger partial charge in [-0.15, -0.1) is 0 Å². The second-order valence-corrected chi connectivity index (χ2v) is 11.2. The molecule has 1 fully saturated rings. The molecule has 2 amide bonds. The molecule has 11 heteroatoms. The van der Waals surface area contributed by atoms with E-state index in [0.717, 1.165) is 0 Å². The number of rotatable bonds is 1. The van der Waals surface area contributed by atoms with Crippen molar-refractivity contribution in [3.8, 4) is 0 Å². The van der Waals surface area contributed by atoms with Crippen molar-refractivity contribution in [2.75, 3.05) is 56.8 Å². The molecule has 9 nitrogen and oxygen atoms in total. The Kier molecular flexibility index (Phi) is 9.20. The number of hydrogen-bond acceptors (Lipinski definition) is 6. The van der Waals surface area contributed by atoms with Gasteiger partial charge in [-0.1, -0.05) is 42.0 Å². The third kappa shape index (κ3) is 6.89. The molecule has 2 N–H and O–H groups in total. The van der Waals surface area contributed by atoms with Crippen molar-refractivity contribution in [1.82, 2.24) is 15.5 Å². The third-order valence-electron chi connectivity index (χ3n) is 6.26. The molecular formula is C26H31ClN4O5S. The Balaban J connectivity index is 1.67. The molecule has 2 aliphatic heterocycles. The summed E-state index contributed by atoms with van der Waals surface area (Å²) in [5.41, 5.74) is 0.649. The van der Waals surface area contributed by atoms with E-state index in [9.17, 15) is 18.0 Å². The molecule has 2 aromatic carbocycles. The van der Waals surface area contributed by atoms with Gasteiger partial charge >= 0.3 is 0 Å². The summed E-state index contributed by atoms with van der Waals surface area (Å²) in [6.45, 7) is 3.17. The Morgan fingerprint density at radius 2 is 1.86 bits per heavy atom. The van der Waals surface area contributed by atoms with Crippen molar-refractivity contribution in [2.45, 2.75) is 11.3 Å². The molecular weight excluding hydrogens is 516 g/mol. The monoisotopic (exact) mass is 546 g/mol. The highest BCUT2D eigenvalue weighted by molar-refractivity contribution is 7.93. The van der Waals surface area contributed by atoms with Gasteiger partial charge in [-0.25, -0.2) is 8.42 Å². The number of carbonyl (C=O) groups is 2. The zero-order valence-corrected chi connectivity index (χ0v) is 22.0. The lowest BCUT2D eigenvalue weighted by Gasteiger charge is -2.24. The summed E-state index contributed by atoms with van der Waals surface area (Å²) >= 11 is 6.35. The van der Waals surface area contributed by atoms with Crippen LogP contribution in [-0.2, 0) is 19.6 Å². The van der Waals surface area contributed by atoms with Crippen LogP contribution in [0.15, 0.2) is 65.6 Å². The van der Waals surface area contributed by atoms with Gasteiger partial charge in [0.05, 0.1) is 30.5 Å². The van der Waals surface area contributed by atoms with Crippen LogP contribution >= 0.6 is 11.6 Å². The highest BCUT2D eigenvalue weighted by Gasteiger charge is 2.28. The summed E-state index contributed by atoms with van der Waals surface area (Å²) in [5.74, 6) is -0.485. The number of fused-ring (bicyclic) bond motifs is 4. The summed E-state index contributed by atoms with van der Waals surface area (Å²) in [7, 11) is -4.10. The van der Waals surface area contributed by atoms with Gasteiger partial charge in [0.15, 0.2) is 0 Å². The molecule has 198 valence electrons. The molecule has 1 saturated heterocycles. The highest BCUT2D eigenvalue weighted by atomic mass is 35.5. The van der Waals surface area contributed by atoms with Crippen LogP contribution in [0.4, 0.5) is 5.69 Å². The topological polar surface area (TPSA) is 108 Å². The van der Waals surface area contributed by atoms with Gasteiger partial charge in [0.2, 0.25) is 5.91 Å². The van der Waals surface area contributed by atoms with Gasteiger partial charge in [0.1, 0.15) is 4.90 Å². The van der Waals surface area contributed by atoms with E-state index in [0.29, 0.717) is 51.5 Å². The highest BCUT2D eigenvalue weighted by Crippen LogP contribution is 2.29. The summed E-state index contributed by atoms with van der Waals surface area (Å²) < 4.78 is 34.5. The smallest absolute Gasteiger partial charge is 0.266 e. The minimum Gasteiger partial charge on any atom is -0.379 e. The van der Waals surface area contributed by atoms with Crippen molar-refractivity contribution >= 4 is 39.1 Å². The predicted molar refractivity (Wildman–Crippen MR) is 142 cm³/mol. The fourth-order valence-electron chi connectivity index (χ4n) is 4.26. The zero-order chi connectivity index (χ0) is 26.3. The second kappa shape index (κ2) is 12.6. The number of benzene rings is 2. The van der Waals surface area contributed by atoms with Gasteiger partial charge in [0.25, 0.3) is 15.9 Å². The fourth-order valence-corrected chi connectivity index (χ4v) is 6.18. The van der Waals surface area contributed by atoms with Gasteiger partial charge in [-0.05, 0) is 30.3 Å². The second-order valence-electron chi connectivity index (χ2n) is 8.93. The number of nitrogens with one attached hydrogen (secondary N) is 2. The molecule has 0 spiro atoms. The van der Waals surface area contributed by atoms with Crippen LogP contribution in [-0.4, -0.2) is 77.6 Å². The summed E-state index contributed by atoms with van der Waals surface area (Å²) in [6.07, 6.45) is 3.90. The fraction of sp³-hybridized carbons (Fsp3) is 0.385. The number of halogens is 1. The normalized spacial score (nSPS) is 22.7. The molecule has 0 aromatic heterocycles. The molecule has 2 aromatic rings. The molecule has 2 aliphatic rings. The minimum absolute atomic E-state index is 0.0277. The Morgan fingerprint density at radius 1 is 1.05 bits per heavy atom. The lowest BCUT2D eigenvalue weighted by atomic mass is 10.1. The maximum absolute atomic E-state index is 13.8. The number of hydrogen-bond donors (Lipinski definition) is 2. The van der Waals surface area contributed by atoms with Crippen molar-refractivity contribution < 1.29 is 22.7 Å². The predicted octanol–water partition coefficient (Wildman–Crippen LogP) is 2.29. The Labute approximate surface area is 222 Å². The maximum Gasteiger partial charge on any atom is 0.266 e. The average molecular weight is 547 g/mol. The summed E-state index contributed by atoms with van der Waals surface area (Å²) in [4.78, 5) is 27.4. The largest absolute Gasteiger partial charge is 0.379 e. The number of para-hydroxylation sites is 1. The standard InChI is InChI=1S/C26H31ClN4O5S/c27-23-9-8-21-16-24(23)37(34,35)31(22-6-2-1-3-7-22)13-5-4-11-28-12-10-25(32)30-14-15-36-19-20(18-30)17-29-26(21)33/h1-9,16,20,28H,10-15,17-19H2,(H,29,33)/b5-4+. The number of carbonyl (C=O) groups excluding carboxylic acids is 2. The van der Waals surface area contributed by atoms with Crippen LogP contribution in [0.3, 0.4) is 0 Å². The van der Waals surface area contributed by atoms with Crippen LogP contribution in [0.25, 0.3) is 0 Å². The lowest BCUT2D eigenvalue weighted by Crippen LogP contribution is -2.40. The first-order valence-corrected chi connectivity index (χ1v) is 14.0. The summed E-state index contributed by atoms with van der Waals surface area (Å²) in [6, 6.07) is 12.9. The van der Waals surface area contributed by atoms with Crippen molar-refractivity contribution in [3.05, 3.63) is 71.3 Å². The number of ether oxygens (including phenoxy) is 1. The van der Waals surface area contributed by atoms with Gasteiger partial charge in [-0.2, -0.15) is 0 Å². The van der Waals surface area contributed by atoms with Crippen LogP contribution in [0.5, 0.6) is 0 Å². The van der Waals surface area contributed by atoms with E-state index in [-0.39, 0.29) is 40.4 Å². The molecule has 1 atom stereocenters. The SMILES string of the molecule is O=C1NCC2COCCN(C2)C(=O)CCNC/C=C/CN(c2ccccc2)S(=O)(=O)c2cc1ccc2Cl. The Bertz CT molecular complexity index is 1240. The van der Waals surface area contributed by atoms with Crippen LogP contribution in [0.2, 0.25) is 5.02 Å². The number of nitrogens with zero attached hydrogens (tertiary/aromatic N) is 2. The van der Waals surface area contributed by atoms with Crippen LogP contribution < -0.4 is 14.9 Å². The number of amides is 2. The molecule has 4 rings (SSSR count). The number of anilines is 1. The van der Waals surface area contributed by atoms with E-state index >= 15 is 0 Å². The van der Waals surface area contributed by atoms with Crippen molar-refractivity contribution in [1.29, 1.82) is 0 Å². The molecule has 0 saturated carbocycles. The molecule has 1 unspecified atom stereocenters. The quantitative estimate of drug-likeness (QED) is 0.531. The minimum atomic E-state index is -4.10. The van der Waals surface area contributed by atoms with E-state index in [1.807, 2.05) is 6.08 Å². The van der Waals surface area contributed by atoms with E-state index in [1.165, 1.54) is 22.5 Å². The van der Waals surface area contributed by atoms with Crippen molar-refractivity contribution in [3.63, 3.8) is 0 Å². The first-order chi connectivity index (χ1) is 17.9. The zero-order valence-electron chi connectivity index (χ0n) is 20.4. The van der Waals surface area contributed by atoms with E-state index in [4.69, 9.17) is 16.3 Å². The molecule has 0 aliphatic carbocycles. The van der Waals surface area contributed by atoms with E-state index in [2.05, 4.69) is 10.6 Å². The van der Waals surface area contributed by atoms with Crippen LogP contribution in [0, 0.1) is 5.92 Å². The Morgan fingerprint density at radius 3 is 2.68 bits per heavy atom. The Hall–Kier alpha value is -2.92. The first-order valence-electron chi connectivity index (χ1n) is 12.2. The average Bonchev–Trinajstić information content (AvgIpc) is 3.14. The molecule has 4 bridgehead atoms. The first kappa shape index (κ1) is 27.1. The van der Waals surface area contributed by atoms with Crippen LogP contribution in [0.1, 0.15) is 16.8 Å². The third-order valence-corrected chi connectivity index (χ3v) is 8.54. The van der Waals surface area contributed by atoms with Gasteiger partial charge < -0.3 is 20.3 Å². The lowest BCUT2D eigenvalue weighted by molar-refractivity contribution is -0.131.